The Morgan fingerprint density at radius 3 is 1.76 bits per heavy atom. The van der Waals surface area contributed by atoms with Crippen LogP contribution in [-0.4, -0.2) is 20.3 Å². The van der Waals surface area contributed by atoms with Gasteiger partial charge < -0.3 is 4.74 Å². The fourth-order valence-corrected chi connectivity index (χ4v) is 4.70. The Morgan fingerprint density at radius 2 is 1.21 bits per heavy atom. The molecule has 1 amide bonds. The average molecular weight is 492 g/mol. The predicted molar refractivity (Wildman–Crippen MR) is 130 cm³/mol. The van der Waals surface area contributed by atoms with Crippen molar-refractivity contribution < 1.29 is 22.7 Å². The van der Waals surface area contributed by atoms with Gasteiger partial charge in [0.05, 0.1) is 16.1 Å². The maximum atomic E-state index is 13.5. The number of halogens is 1. The number of amides is 1. The first-order valence-electron chi connectivity index (χ1n) is 10.1. The fourth-order valence-electron chi connectivity index (χ4n) is 3.16. The van der Waals surface area contributed by atoms with Crippen LogP contribution in [0.2, 0.25) is 5.02 Å². The molecule has 0 saturated carbocycles. The van der Waals surface area contributed by atoms with Crippen LogP contribution < -0.4 is 9.04 Å². The summed E-state index contributed by atoms with van der Waals surface area (Å²) in [6.07, 6.45) is 0. The lowest BCUT2D eigenvalue weighted by atomic mass is 10.2. The number of sulfonamides is 1. The minimum absolute atomic E-state index is 0.0864. The highest BCUT2D eigenvalue weighted by atomic mass is 35.5. The van der Waals surface area contributed by atoms with Crippen molar-refractivity contribution in [3.05, 3.63) is 125 Å². The van der Waals surface area contributed by atoms with E-state index in [1.165, 1.54) is 60.7 Å². The van der Waals surface area contributed by atoms with E-state index in [1.807, 2.05) is 0 Å². The van der Waals surface area contributed by atoms with Crippen molar-refractivity contribution in [1.29, 1.82) is 0 Å². The van der Waals surface area contributed by atoms with Crippen LogP contribution in [0, 0.1) is 0 Å². The SMILES string of the molecule is O=C(Oc1ccc(N(C(=O)c2ccccc2)S(=O)(=O)c2ccc(Cl)cc2)cc1)c1ccccc1. The first kappa shape index (κ1) is 23.2. The summed E-state index contributed by atoms with van der Waals surface area (Å²) < 4.78 is 33.0. The number of anilines is 1. The smallest absolute Gasteiger partial charge is 0.343 e. The van der Waals surface area contributed by atoms with Gasteiger partial charge in [-0.2, -0.15) is 4.31 Å². The summed E-state index contributed by atoms with van der Waals surface area (Å²) >= 11 is 5.90. The summed E-state index contributed by atoms with van der Waals surface area (Å²) in [5, 5.41) is 0.365. The molecule has 0 unspecified atom stereocenters. The summed E-state index contributed by atoms with van der Waals surface area (Å²) in [6, 6.07) is 27.7. The highest BCUT2D eigenvalue weighted by Crippen LogP contribution is 2.28. The lowest BCUT2D eigenvalue weighted by Crippen LogP contribution is -2.37. The quantitative estimate of drug-likeness (QED) is 0.259. The Labute approximate surface area is 202 Å². The van der Waals surface area contributed by atoms with E-state index in [0.717, 1.165) is 0 Å². The van der Waals surface area contributed by atoms with Crippen LogP contribution >= 0.6 is 11.6 Å². The van der Waals surface area contributed by atoms with Gasteiger partial charge in [-0.05, 0) is 72.8 Å². The number of benzene rings is 4. The van der Waals surface area contributed by atoms with Gasteiger partial charge in [-0.1, -0.05) is 48.0 Å². The minimum atomic E-state index is -4.28. The van der Waals surface area contributed by atoms with Gasteiger partial charge in [0.1, 0.15) is 5.75 Å². The van der Waals surface area contributed by atoms with Crippen LogP contribution in [0.25, 0.3) is 0 Å². The van der Waals surface area contributed by atoms with Crippen molar-refractivity contribution in [2.45, 2.75) is 4.90 Å². The Balaban J connectivity index is 1.70. The molecule has 0 aromatic heterocycles. The van der Waals surface area contributed by atoms with E-state index in [9.17, 15) is 18.0 Å². The highest BCUT2D eigenvalue weighted by molar-refractivity contribution is 7.93. The zero-order chi connectivity index (χ0) is 24.1. The molecule has 0 atom stereocenters. The first-order chi connectivity index (χ1) is 16.4. The molecule has 8 heteroatoms. The van der Waals surface area contributed by atoms with E-state index in [1.54, 1.807) is 48.5 Å². The Bertz CT molecular complexity index is 1410. The van der Waals surface area contributed by atoms with E-state index >= 15 is 0 Å². The van der Waals surface area contributed by atoms with Crippen LogP contribution in [0.3, 0.4) is 0 Å². The maximum absolute atomic E-state index is 13.5. The molecule has 4 rings (SSSR count). The van der Waals surface area contributed by atoms with E-state index in [2.05, 4.69) is 0 Å². The number of esters is 1. The van der Waals surface area contributed by atoms with E-state index in [4.69, 9.17) is 16.3 Å². The van der Waals surface area contributed by atoms with E-state index in [-0.39, 0.29) is 21.9 Å². The van der Waals surface area contributed by atoms with E-state index < -0.39 is 21.9 Å². The van der Waals surface area contributed by atoms with Crippen molar-refractivity contribution >= 4 is 39.2 Å². The van der Waals surface area contributed by atoms with Crippen LogP contribution in [-0.2, 0) is 10.0 Å². The number of carbonyl (C=O) groups is 2. The lowest BCUT2D eigenvalue weighted by Gasteiger charge is -2.23. The normalized spacial score (nSPS) is 11.0. The summed E-state index contributed by atoms with van der Waals surface area (Å²) in [5.74, 6) is -1.09. The highest BCUT2D eigenvalue weighted by Gasteiger charge is 2.32. The third-order valence-electron chi connectivity index (χ3n) is 4.85. The monoisotopic (exact) mass is 491 g/mol. The molecule has 0 spiro atoms. The van der Waals surface area contributed by atoms with Gasteiger partial charge in [0, 0.05) is 10.6 Å². The number of hydrogen-bond acceptors (Lipinski definition) is 5. The maximum Gasteiger partial charge on any atom is 0.343 e. The summed E-state index contributed by atoms with van der Waals surface area (Å²) in [7, 11) is -4.28. The van der Waals surface area contributed by atoms with Gasteiger partial charge in [0.2, 0.25) is 0 Å². The zero-order valence-electron chi connectivity index (χ0n) is 17.7. The Kier molecular flexibility index (Phi) is 6.77. The van der Waals surface area contributed by atoms with Gasteiger partial charge >= 0.3 is 5.97 Å². The molecule has 0 fully saturated rings. The Morgan fingerprint density at radius 1 is 0.676 bits per heavy atom. The molecule has 0 aliphatic rings. The summed E-state index contributed by atoms with van der Waals surface area (Å²) in [4.78, 5) is 25.5. The van der Waals surface area contributed by atoms with E-state index in [0.29, 0.717) is 14.9 Å². The molecule has 170 valence electrons. The fraction of sp³-hybridized carbons (Fsp3) is 0. The molecule has 6 nitrogen and oxygen atoms in total. The molecular formula is C26H18ClNO5S. The molecule has 0 aliphatic heterocycles. The molecule has 4 aromatic rings. The first-order valence-corrected chi connectivity index (χ1v) is 12.0. The lowest BCUT2D eigenvalue weighted by molar-refractivity contribution is 0.0734. The molecule has 0 N–H and O–H groups in total. The van der Waals surface area contributed by atoms with Crippen LogP contribution in [0.4, 0.5) is 5.69 Å². The molecule has 4 aromatic carbocycles. The van der Waals surface area contributed by atoms with Crippen molar-refractivity contribution in [2.75, 3.05) is 4.31 Å². The number of hydrogen-bond donors (Lipinski definition) is 0. The van der Waals surface area contributed by atoms with Crippen molar-refractivity contribution in [3.63, 3.8) is 0 Å². The van der Waals surface area contributed by atoms with Gasteiger partial charge in [-0.25, -0.2) is 13.2 Å². The standard InChI is InChI=1S/C26H18ClNO5S/c27-21-11-17-24(18-12-21)34(31,32)28(25(29)19-7-3-1-4-8-19)22-13-15-23(16-14-22)33-26(30)20-9-5-2-6-10-20/h1-18H. The molecule has 0 saturated heterocycles. The molecular weight excluding hydrogens is 474 g/mol. The molecule has 34 heavy (non-hydrogen) atoms. The van der Waals surface area contributed by atoms with Gasteiger partial charge in [-0.15, -0.1) is 0 Å². The Hall–Kier alpha value is -3.94. The van der Waals surface area contributed by atoms with Crippen LogP contribution in [0.5, 0.6) is 5.75 Å². The molecule has 0 radical (unpaired) electrons. The third-order valence-corrected chi connectivity index (χ3v) is 6.83. The molecule has 0 heterocycles. The predicted octanol–water partition coefficient (Wildman–Crippen LogP) is 5.59. The molecule has 0 aliphatic carbocycles. The summed E-state index contributed by atoms with van der Waals surface area (Å²) in [6.45, 7) is 0. The third kappa shape index (κ3) is 5.01. The topological polar surface area (TPSA) is 80.8 Å². The number of rotatable bonds is 6. The number of ether oxygens (including phenoxy) is 1. The average Bonchev–Trinajstić information content (AvgIpc) is 2.86. The number of carbonyl (C=O) groups excluding carboxylic acids is 2. The second kappa shape index (κ2) is 9.91. The van der Waals surface area contributed by atoms with Crippen LogP contribution in [0.15, 0.2) is 114 Å². The van der Waals surface area contributed by atoms with Crippen LogP contribution in [0.1, 0.15) is 20.7 Å². The largest absolute Gasteiger partial charge is 0.423 e. The van der Waals surface area contributed by atoms with Gasteiger partial charge in [-0.3, -0.25) is 4.79 Å². The summed E-state index contributed by atoms with van der Waals surface area (Å²) in [5.41, 5.74) is 0.653. The second-order valence-corrected chi connectivity index (χ2v) is 9.37. The van der Waals surface area contributed by atoms with Gasteiger partial charge in [0.25, 0.3) is 15.9 Å². The minimum Gasteiger partial charge on any atom is -0.423 e. The number of nitrogens with zero attached hydrogens (tertiary/aromatic N) is 1. The second-order valence-electron chi connectivity index (χ2n) is 7.14. The van der Waals surface area contributed by atoms with Crippen molar-refractivity contribution in [1.82, 2.24) is 0 Å². The van der Waals surface area contributed by atoms with Gasteiger partial charge in [0.15, 0.2) is 0 Å². The zero-order valence-corrected chi connectivity index (χ0v) is 19.2. The molecule has 0 bridgehead atoms. The van der Waals surface area contributed by atoms with Crippen molar-refractivity contribution in [2.24, 2.45) is 0 Å². The van der Waals surface area contributed by atoms with Crippen molar-refractivity contribution in [3.8, 4) is 5.75 Å².